The molecule has 0 fully saturated rings. The molecule has 8 rings (SSSR count). The van der Waals surface area contributed by atoms with E-state index in [1.807, 2.05) is 30.5 Å². The summed E-state index contributed by atoms with van der Waals surface area (Å²) in [5, 5.41) is 2.32. The quantitative estimate of drug-likeness (QED) is 0.201. The maximum atomic E-state index is 6.52. The molecule has 1 aliphatic heterocycles. The monoisotopic (exact) mass is 586 g/mol. The Morgan fingerprint density at radius 3 is 1.91 bits per heavy atom. The molecule has 0 amide bonds. The van der Waals surface area contributed by atoms with Crippen molar-refractivity contribution >= 4 is 44.7 Å². The first kappa shape index (κ1) is 27.0. The normalized spacial score (nSPS) is 13.0. The van der Waals surface area contributed by atoms with Crippen molar-refractivity contribution in [1.82, 2.24) is 9.55 Å². The van der Waals surface area contributed by atoms with E-state index in [0.717, 1.165) is 39.4 Å². The minimum Gasteiger partial charge on any atom is -0.457 e. The molecule has 45 heavy (non-hydrogen) atoms. The van der Waals surface area contributed by atoms with Crippen molar-refractivity contribution in [2.45, 2.75) is 26.2 Å². The maximum Gasteiger partial charge on any atom is 0.145 e. The van der Waals surface area contributed by atoms with Gasteiger partial charge in [-0.15, -0.1) is 0 Å². The van der Waals surface area contributed by atoms with Gasteiger partial charge in [-0.1, -0.05) is 75.4 Å². The number of aromatic nitrogens is 2. The van der Waals surface area contributed by atoms with Crippen LogP contribution in [-0.4, -0.2) is 16.2 Å². The van der Waals surface area contributed by atoms with Crippen LogP contribution >= 0.6 is 0 Å². The van der Waals surface area contributed by atoms with Gasteiger partial charge < -0.3 is 14.5 Å². The van der Waals surface area contributed by atoms with Gasteiger partial charge in [0.2, 0.25) is 0 Å². The highest BCUT2D eigenvalue weighted by molar-refractivity contribution is 6.07. The zero-order valence-corrected chi connectivity index (χ0v) is 25.7. The van der Waals surface area contributed by atoms with Crippen LogP contribution < -0.4 is 14.5 Å². The van der Waals surface area contributed by atoms with Crippen LogP contribution in [0.15, 0.2) is 140 Å². The van der Waals surface area contributed by atoms with Gasteiger partial charge in [0.15, 0.2) is 0 Å². The molecule has 1 aliphatic rings. The maximum absolute atomic E-state index is 6.52. The fraction of sp³-hybridized carbons (Fsp3) is 0.125. The second kappa shape index (κ2) is 10.6. The van der Waals surface area contributed by atoms with Gasteiger partial charge in [0.25, 0.3) is 0 Å². The van der Waals surface area contributed by atoms with Crippen molar-refractivity contribution in [3.63, 3.8) is 0 Å². The van der Waals surface area contributed by atoms with Crippen LogP contribution in [0, 0.1) is 0 Å². The van der Waals surface area contributed by atoms with Crippen molar-refractivity contribution in [2.24, 2.45) is 0 Å². The number of hydrogen-bond donors (Lipinski definition) is 0. The van der Waals surface area contributed by atoms with E-state index in [1.165, 1.54) is 28.0 Å². The van der Waals surface area contributed by atoms with Crippen LogP contribution in [0.3, 0.4) is 0 Å². The van der Waals surface area contributed by atoms with E-state index < -0.39 is 0 Å². The van der Waals surface area contributed by atoms with E-state index in [4.69, 9.17) is 9.72 Å². The number of para-hydroxylation sites is 3. The summed E-state index contributed by atoms with van der Waals surface area (Å²) in [5.74, 6) is 1.56. The lowest BCUT2D eigenvalue weighted by Crippen LogP contribution is -2.24. The first-order chi connectivity index (χ1) is 21.9. The Morgan fingerprint density at radius 1 is 0.578 bits per heavy atom. The third-order valence-electron chi connectivity index (χ3n) is 8.64. The molecule has 0 bridgehead atoms. The Hall–Kier alpha value is -5.55. The molecular weight excluding hydrogens is 552 g/mol. The molecule has 0 radical (unpaired) electrons. The topological polar surface area (TPSA) is 33.5 Å². The van der Waals surface area contributed by atoms with Crippen LogP contribution in [0.25, 0.3) is 27.6 Å². The van der Waals surface area contributed by atoms with Crippen LogP contribution in [0.1, 0.15) is 26.3 Å². The van der Waals surface area contributed by atoms with Crippen molar-refractivity contribution in [3.8, 4) is 17.2 Å². The lowest BCUT2D eigenvalue weighted by atomic mass is 9.87. The van der Waals surface area contributed by atoms with E-state index >= 15 is 0 Å². The SMILES string of the molecule is CC(C)(C)c1cccc(N2CN(c3cccc(Oc4cccc(-n5c6ccccc6c6cccnc65)c4)c3)c3ccccc32)c1. The summed E-state index contributed by atoms with van der Waals surface area (Å²) in [7, 11) is 0. The number of benzene rings is 5. The molecule has 0 saturated carbocycles. The number of anilines is 4. The molecular formula is C40H34N4O. The summed E-state index contributed by atoms with van der Waals surface area (Å²) >= 11 is 0. The Kier molecular flexibility index (Phi) is 6.35. The minimum absolute atomic E-state index is 0.0793. The molecule has 3 heterocycles. The van der Waals surface area contributed by atoms with E-state index in [9.17, 15) is 0 Å². The van der Waals surface area contributed by atoms with E-state index in [1.54, 1.807) is 0 Å². The summed E-state index contributed by atoms with van der Waals surface area (Å²) in [6.07, 6.45) is 1.85. The van der Waals surface area contributed by atoms with Gasteiger partial charge in [-0.05, 0) is 77.7 Å². The summed E-state index contributed by atoms with van der Waals surface area (Å²) in [5.41, 5.74) is 9.12. The lowest BCUT2D eigenvalue weighted by Gasteiger charge is -2.25. The van der Waals surface area contributed by atoms with Gasteiger partial charge in [0.1, 0.15) is 23.8 Å². The zero-order chi connectivity index (χ0) is 30.5. The van der Waals surface area contributed by atoms with Crippen molar-refractivity contribution in [3.05, 3.63) is 145 Å². The summed E-state index contributed by atoms with van der Waals surface area (Å²) < 4.78 is 8.73. The average molecular weight is 587 g/mol. The van der Waals surface area contributed by atoms with Crippen LogP contribution in [0.4, 0.5) is 22.7 Å². The molecule has 0 spiro atoms. The number of rotatable bonds is 5. The first-order valence-electron chi connectivity index (χ1n) is 15.4. The average Bonchev–Trinajstić information content (AvgIpc) is 3.61. The molecule has 220 valence electrons. The molecule has 2 aromatic heterocycles. The number of hydrogen-bond acceptors (Lipinski definition) is 4. The molecule has 5 nitrogen and oxygen atoms in total. The zero-order valence-electron chi connectivity index (χ0n) is 25.7. The van der Waals surface area contributed by atoms with Crippen LogP contribution in [0.2, 0.25) is 0 Å². The van der Waals surface area contributed by atoms with Crippen molar-refractivity contribution < 1.29 is 4.74 Å². The van der Waals surface area contributed by atoms with Crippen LogP contribution in [-0.2, 0) is 5.41 Å². The largest absolute Gasteiger partial charge is 0.457 e. The molecule has 0 atom stereocenters. The number of fused-ring (bicyclic) bond motifs is 4. The third kappa shape index (κ3) is 4.77. The summed E-state index contributed by atoms with van der Waals surface area (Å²) in [6.45, 7) is 7.50. The fourth-order valence-electron chi connectivity index (χ4n) is 6.39. The Morgan fingerprint density at radius 2 is 1.18 bits per heavy atom. The van der Waals surface area contributed by atoms with E-state index in [2.05, 4.69) is 144 Å². The van der Waals surface area contributed by atoms with Gasteiger partial charge in [-0.2, -0.15) is 0 Å². The molecule has 0 saturated heterocycles. The third-order valence-corrected chi connectivity index (χ3v) is 8.64. The Labute approximate surface area is 263 Å². The van der Waals surface area contributed by atoms with Crippen molar-refractivity contribution in [2.75, 3.05) is 16.5 Å². The second-order valence-electron chi connectivity index (χ2n) is 12.6. The molecule has 5 heteroatoms. The van der Waals surface area contributed by atoms with E-state index in [0.29, 0.717) is 6.67 Å². The molecule has 5 aromatic carbocycles. The Balaban J connectivity index is 1.12. The number of pyridine rings is 1. The first-order valence-corrected chi connectivity index (χ1v) is 15.4. The molecule has 7 aromatic rings. The van der Waals surface area contributed by atoms with Gasteiger partial charge >= 0.3 is 0 Å². The Bertz CT molecular complexity index is 2140. The second-order valence-corrected chi connectivity index (χ2v) is 12.6. The van der Waals surface area contributed by atoms with Crippen molar-refractivity contribution in [1.29, 1.82) is 0 Å². The smallest absolute Gasteiger partial charge is 0.145 e. The van der Waals surface area contributed by atoms with Gasteiger partial charge in [0.05, 0.1) is 22.6 Å². The van der Waals surface area contributed by atoms with Gasteiger partial charge in [-0.25, -0.2) is 4.98 Å². The highest BCUT2D eigenvalue weighted by Crippen LogP contribution is 2.45. The van der Waals surface area contributed by atoms with Gasteiger partial charge in [0, 0.05) is 40.5 Å². The molecule has 0 N–H and O–H groups in total. The summed E-state index contributed by atoms with van der Waals surface area (Å²) in [6, 6.07) is 46.7. The predicted molar refractivity (Wildman–Crippen MR) is 186 cm³/mol. The van der Waals surface area contributed by atoms with Crippen LogP contribution in [0.5, 0.6) is 11.5 Å². The number of nitrogens with zero attached hydrogens (tertiary/aromatic N) is 4. The standard InChI is InChI=1S/C40H34N4O/c1-40(2,3)28-12-8-13-29(24-28)42-27-43(38-22-7-6-21-37(38)42)30-14-9-16-32(25-30)45-33-17-10-15-31(26-33)44-36-20-5-4-18-34(36)35-19-11-23-41-39(35)44/h4-26H,27H2,1-3H3. The minimum atomic E-state index is 0.0793. The summed E-state index contributed by atoms with van der Waals surface area (Å²) in [4.78, 5) is 9.48. The van der Waals surface area contributed by atoms with E-state index in [-0.39, 0.29) is 5.41 Å². The highest BCUT2D eigenvalue weighted by atomic mass is 16.5. The molecule has 0 unspecified atom stereocenters. The lowest BCUT2D eigenvalue weighted by molar-refractivity contribution is 0.482. The van der Waals surface area contributed by atoms with Gasteiger partial charge in [-0.3, -0.25) is 4.57 Å². The highest BCUT2D eigenvalue weighted by Gasteiger charge is 2.28. The number of ether oxygens (including phenoxy) is 1. The molecule has 0 aliphatic carbocycles. The predicted octanol–water partition coefficient (Wildman–Crippen LogP) is 10.5. The fourth-order valence-corrected chi connectivity index (χ4v) is 6.39.